The van der Waals surface area contributed by atoms with E-state index in [2.05, 4.69) is 41.1 Å². The summed E-state index contributed by atoms with van der Waals surface area (Å²) < 4.78 is 1.11. The van der Waals surface area contributed by atoms with Gasteiger partial charge in [-0.1, -0.05) is 22.0 Å². The number of hydrogen-bond donors (Lipinski definition) is 2. The van der Waals surface area contributed by atoms with E-state index in [-0.39, 0.29) is 6.04 Å². The summed E-state index contributed by atoms with van der Waals surface area (Å²) in [5.74, 6) is 0.586. The Morgan fingerprint density at radius 1 is 1.24 bits per heavy atom. The zero-order valence-corrected chi connectivity index (χ0v) is 11.9. The Morgan fingerprint density at radius 2 is 1.88 bits per heavy atom. The summed E-state index contributed by atoms with van der Waals surface area (Å²) in [4.78, 5) is 0. The fourth-order valence-corrected chi connectivity index (χ4v) is 3.11. The first kappa shape index (κ1) is 13.1. The van der Waals surface area contributed by atoms with Gasteiger partial charge in [-0.3, -0.25) is 0 Å². The normalized spacial score (nSPS) is 26.8. The van der Waals surface area contributed by atoms with Crippen LogP contribution in [0.1, 0.15) is 42.9 Å². The smallest absolute Gasteiger partial charge is 0.0326 e. The molecule has 94 valence electrons. The van der Waals surface area contributed by atoms with Gasteiger partial charge in [0.25, 0.3) is 0 Å². The third kappa shape index (κ3) is 3.09. The van der Waals surface area contributed by atoms with Crippen LogP contribution in [0.15, 0.2) is 22.7 Å². The number of hydrogen-bond acceptors (Lipinski definition) is 2. The zero-order valence-electron chi connectivity index (χ0n) is 10.3. The number of nitrogens with two attached hydrogens (primary N) is 2. The minimum absolute atomic E-state index is 0.153. The van der Waals surface area contributed by atoms with Gasteiger partial charge in [0.05, 0.1) is 0 Å². The van der Waals surface area contributed by atoms with E-state index >= 15 is 0 Å². The summed E-state index contributed by atoms with van der Waals surface area (Å²) in [6, 6.07) is 6.91. The van der Waals surface area contributed by atoms with Gasteiger partial charge in [0.1, 0.15) is 0 Å². The minimum atomic E-state index is 0.153. The first-order valence-corrected chi connectivity index (χ1v) is 7.14. The Balaban J connectivity index is 2.13. The van der Waals surface area contributed by atoms with Crippen LogP contribution in [0, 0.1) is 12.8 Å². The zero-order chi connectivity index (χ0) is 12.4. The van der Waals surface area contributed by atoms with E-state index in [1.54, 1.807) is 0 Å². The lowest BCUT2D eigenvalue weighted by Crippen LogP contribution is -2.32. The maximum atomic E-state index is 6.42. The lowest BCUT2D eigenvalue weighted by Gasteiger charge is -2.31. The summed E-state index contributed by atoms with van der Waals surface area (Å²) in [5.41, 5.74) is 14.9. The number of halogens is 1. The number of benzene rings is 1. The van der Waals surface area contributed by atoms with Crippen LogP contribution < -0.4 is 11.5 Å². The molecule has 1 saturated carbocycles. The molecule has 2 rings (SSSR count). The molecule has 1 atom stereocenters. The lowest BCUT2D eigenvalue weighted by atomic mass is 9.79. The molecule has 2 nitrogen and oxygen atoms in total. The molecule has 1 aromatic rings. The molecule has 1 aromatic carbocycles. The average molecular weight is 297 g/mol. The molecule has 1 aliphatic rings. The number of rotatable bonds is 2. The largest absolute Gasteiger partial charge is 0.328 e. The Morgan fingerprint density at radius 3 is 2.53 bits per heavy atom. The maximum absolute atomic E-state index is 6.42. The molecule has 17 heavy (non-hydrogen) atoms. The molecule has 3 heteroatoms. The van der Waals surface area contributed by atoms with E-state index in [1.165, 1.54) is 11.1 Å². The predicted molar refractivity (Wildman–Crippen MR) is 75.7 cm³/mol. The molecule has 0 spiro atoms. The van der Waals surface area contributed by atoms with Crippen molar-refractivity contribution in [1.82, 2.24) is 0 Å². The quantitative estimate of drug-likeness (QED) is 0.880. The van der Waals surface area contributed by atoms with E-state index in [9.17, 15) is 0 Å². The van der Waals surface area contributed by atoms with Crippen LogP contribution >= 0.6 is 15.9 Å². The summed E-state index contributed by atoms with van der Waals surface area (Å²) in [5, 5.41) is 0. The lowest BCUT2D eigenvalue weighted by molar-refractivity contribution is 0.284. The van der Waals surface area contributed by atoms with Crippen molar-refractivity contribution in [1.29, 1.82) is 0 Å². The van der Waals surface area contributed by atoms with Crippen molar-refractivity contribution >= 4 is 15.9 Å². The SMILES string of the molecule is Cc1ccc(Br)cc1C(N)C1CCC(N)CC1. The van der Waals surface area contributed by atoms with Crippen LogP contribution in [-0.4, -0.2) is 6.04 Å². The van der Waals surface area contributed by atoms with Crippen LogP contribution in [0.25, 0.3) is 0 Å². The minimum Gasteiger partial charge on any atom is -0.328 e. The van der Waals surface area contributed by atoms with E-state index in [1.807, 2.05) is 0 Å². The van der Waals surface area contributed by atoms with Gasteiger partial charge in [-0.2, -0.15) is 0 Å². The third-order valence-electron chi connectivity index (χ3n) is 3.92. The molecule has 0 bridgehead atoms. The van der Waals surface area contributed by atoms with E-state index in [0.29, 0.717) is 12.0 Å². The van der Waals surface area contributed by atoms with E-state index in [4.69, 9.17) is 11.5 Å². The van der Waals surface area contributed by atoms with Crippen LogP contribution in [0.4, 0.5) is 0 Å². The van der Waals surface area contributed by atoms with Gasteiger partial charge in [-0.05, 0) is 61.8 Å². The van der Waals surface area contributed by atoms with Crippen molar-refractivity contribution in [3.05, 3.63) is 33.8 Å². The van der Waals surface area contributed by atoms with Gasteiger partial charge >= 0.3 is 0 Å². The second kappa shape index (κ2) is 5.51. The summed E-state index contributed by atoms with van der Waals surface area (Å²) in [7, 11) is 0. The topological polar surface area (TPSA) is 52.0 Å². The highest BCUT2D eigenvalue weighted by Crippen LogP contribution is 2.34. The van der Waals surface area contributed by atoms with Gasteiger partial charge in [0.15, 0.2) is 0 Å². The molecule has 1 unspecified atom stereocenters. The average Bonchev–Trinajstić information content (AvgIpc) is 2.32. The molecule has 0 radical (unpaired) electrons. The van der Waals surface area contributed by atoms with Crippen LogP contribution in [0.2, 0.25) is 0 Å². The van der Waals surface area contributed by atoms with Gasteiger partial charge < -0.3 is 11.5 Å². The third-order valence-corrected chi connectivity index (χ3v) is 4.42. The Labute approximate surface area is 112 Å². The van der Waals surface area contributed by atoms with Crippen molar-refractivity contribution in [2.75, 3.05) is 0 Å². The van der Waals surface area contributed by atoms with Crippen molar-refractivity contribution in [3.63, 3.8) is 0 Å². The fraction of sp³-hybridized carbons (Fsp3) is 0.571. The highest BCUT2D eigenvalue weighted by molar-refractivity contribution is 9.10. The summed E-state index contributed by atoms with van der Waals surface area (Å²) in [6.07, 6.45) is 4.55. The molecule has 0 aliphatic heterocycles. The van der Waals surface area contributed by atoms with E-state index in [0.717, 1.165) is 30.2 Å². The first-order valence-electron chi connectivity index (χ1n) is 6.35. The molecule has 0 saturated heterocycles. The van der Waals surface area contributed by atoms with Gasteiger partial charge in [-0.15, -0.1) is 0 Å². The summed E-state index contributed by atoms with van der Waals surface area (Å²) in [6.45, 7) is 2.14. The van der Waals surface area contributed by atoms with Gasteiger partial charge in [-0.25, -0.2) is 0 Å². The molecule has 0 aromatic heterocycles. The second-order valence-corrected chi connectivity index (χ2v) is 6.12. The van der Waals surface area contributed by atoms with Crippen molar-refractivity contribution in [2.24, 2.45) is 17.4 Å². The van der Waals surface area contributed by atoms with Crippen molar-refractivity contribution in [3.8, 4) is 0 Å². The molecule has 1 aliphatic carbocycles. The Hall–Kier alpha value is -0.380. The van der Waals surface area contributed by atoms with Crippen molar-refractivity contribution in [2.45, 2.75) is 44.7 Å². The highest BCUT2D eigenvalue weighted by Gasteiger charge is 2.25. The van der Waals surface area contributed by atoms with E-state index < -0.39 is 0 Å². The molecule has 1 fully saturated rings. The monoisotopic (exact) mass is 296 g/mol. The van der Waals surface area contributed by atoms with Crippen LogP contribution in [0.3, 0.4) is 0 Å². The maximum Gasteiger partial charge on any atom is 0.0326 e. The first-order chi connectivity index (χ1) is 8.08. The van der Waals surface area contributed by atoms with Crippen LogP contribution in [0.5, 0.6) is 0 Å². The fourth-order valence-electron chi connectivity index (χ4n) is 2.73. The van der Waals surface area contributed by atoms with Gasteiger partial charge in [0, 0.05) is 16.6 Å². The number of aryl methyl sites for hydroxylation is 1. The van der Waals surface area contributed by atoms with Crippen LogP contribution in [-0.2, 0) is 0 Å². The van der Waals surface area contributed by atoms with Gasteiger partial charge in [0.2, 0.25) is 0 Å². The van der Waals surface area contributed by atoms with Crippen molar-refractivity contribution < 1.29 is 0 Å². The summed E-state index contributed by atoms with van der Waals surface area (Å²) >= 11 is 3.52. The molecular weight excluding hydrogens is 276 g/mol. The standard InChI is InChI=1S/C14H21BrN2/c1-9-2-5-11(15)8-13(9)14(17)10-3-6-12(16)7-4-10/h2,5,8,10,12,14H,3-4,6-7,16-17H2,1H3. The predicted octanol–water partition coefficient (Wildman–Crippen LogP) is 3.27. The highest BCUT2D eigenvalue weighted by atomic mass is 79.9. The molecule has 0 amide bonds. The Kier molecular flexibility index (Phi) is 4.23. The molecule has 0 heterocycles. The second-order valence-electron chi connectivity index (χ2n) is 5.20. The molecule has 4 N–H and O–H groups in total. The Bertz CT molecular complexity index is 384. The molecular formula is C14H21BrN2.